The molecule has 112 valence electrons. The summed E-state index contributed by atoms with van der Waals surface area (Å²) in [5.41, 5.74) is 1.59. The highest BCUT2D eigenvalue weighted by molar-refractivity contribution is 6.03. The number of carbonyl (C=O) groups is 1. The molecule has 2 unspecified atom stereocenters. The molecule has 6 nitrogen and oxygen atoms in total. The lowest BCUT2D eigenvalue weighted by Gasteiger charge is -2.37. The second-order valence-electron chi connectivity index (χ2n) is 5.35. The van der Waals surface area contributed by atoms with E-state index in [4.69, 9.17) is 9.47 Å². The third kappa shape index (κ3) is 1.74. The van der Waals surface area contributed by atoms with Gasteiger partial charge < -0.3 is 24.8 Å². The van der Waals surface area contributed by atoms with Crippen molar-refractivity contribution in [3.8, 4) is 23.0 Å². The Kier molecular flexibility index (Phi) is 2.58. The van der Waals surface area contributed by atoms with Crippen molar-refractivity contribution in [2.24, 2.45) is 0 Å². The Labute approximate surface area is 125 Å². The van der Waals surface area contributed by atoms with Gasteiger partial charge in [-0.25, -0.2) is 0 Å². The molecule has 0 fully saturated rings. The number of ether oxygens (including phenoxy) is 2. The molecule has 3 N–H and O–H groups in total. The average molecular weight is 300 g/mol. The van der Waals surface area contributed by atoms with Crippen LogP contribution in [0.5, 0.6) is 23.0 Å². The molecule has 2 heterocycles. The zero-order valence-electron chi connectivity index (χ0n) is 11.3. The first-order valence-corrected chi connectivity index (χ1v) is 6.75. The SMILES string of the molecule is O=C1c2ccc(O)cc2OC2c3cc(O)c(O)cc3COC12. The molecule has 6 heteroatoms. The van der Waals surface area contributed by atoms with Crippen LogP contribution in [0, 0.1) is 0 Å². The highest BCUT2D eigenvalue weighted by Gasteiger charge is 2.43. The molecule has 2 aromatic carbocycles. The van der Waals surface area contributed by atoms with Gasteiger partial charge in [-0.15, -0.1) is 0 Å². The molecular formula is C16H12O6. The molecule has 2 atom stereocenters. The molecule has 0 saturated carbocycles. The van der Waals surface area contributed by atoms with E-state index in [1.807, 2.05) is 0 Å². The maximum atomic E-state index is 12.5. The number of benzene rings is 2. The third-order valence-electron chi connectivity index (χ3n) is 3.98. The number of fused-ring (bicyclic) bond motifs is 4. The smallest absolute Gasteiger partial charge is 0.199 e. The lowest BCUT2D eigenvalue weighted by atomic mass is 9.88. The van der Waals surface area contributed by atoms with Gasteiger partial charge in [-0.05, 0) is 29.8 Å². The fourth-order valence-corrected chi connectivity index (χ4v) is 2.90. The van der Waals surface area contributed by atoms with Gasteiger partial charge >= 0.3 is 0 Å². The molecule has 0 aromatic heterocycles. The standard InChI is InChI=1S/C16H12O6/c17-8-1-2-9-13(4-8)22-15-10-5-12(19)11(18)3-7(10)6-21-16(15)14(9)20/h1-5,15-19H,6H2. The molecule has 0 radical (unpaired) electrons. The average Bonchev–Trinajstić information content (AvgIpc) is 2.48. The van der Waals surface area contributed by atoms with Gasteiger partial charge in [0.1, 0.15) is 11.5 Å². The van der Waals surface area contributed by atoms with Crippen LogP contribution in [0.1, 0.15) is 27.6 Å². The molecule has 0 saturated heterocycles. The number of phenolic OH excluding ortho intramolecular Hbond substituents is 3. The third-order valence-corrected chi connectivity index (χ3v) is 3.98. The zero-order chi connectivity index (χ0) is 15.4. The Bertz CT molecular complexity index is 797. The number of rotatable bonds is 0. The van der Waals surface area contributed by atoms with Crippen LogP contribution in [0.4, 0.5) is 0 Å². The molecule has 4 rings (SSSR count). The number of hydrogen-bond donors (Lipinski definition) is 3. The summed E-state index contributed by atoms with van der Waals surface area (Å²) in [6.45, 7) is 0.146. The second kappa shape index (κ2) is 4.38. The van der Waals surface area contributed by atoms with Gasteiger partial charge in [-0.1, -0.05) is 0 Å². The van der Waals surface area contributed by atoms with E-state index >= 15 is 0 Å². The molecule has 2 aromatic rings. The van der Waals surface area contributed by atoms with Crippen LogP contribution < -0.4 is 4.74 Å². The number of hydrogen-bond acceptors (Lipinski definition) is 6. The minimum absolute atomic E-state index is 0.00416. The first-order valence-electron chi connectivity index (χ1n) is 6.75. The fraction of sp³-hybridized carbons (Fsp3) is 0.188. The maximum absolute atomic E-state index is 12.5. The normalized spacial score (nSPS) is 22.3. The monoisotopic (exact) mass is 300 g/mol. The Morgan fingerprint density at radius 3 is 2.59 bits per heavy atom. The first-order chi connectivity index (χ1) is 10.5. The highest BCUT2D eigenvalue weighted by atomic mass is 16.6. The quantitative estimate of drug-likeness (QED) is 0.644. The van der Waals surface area contributed by atoms with Crippen LogP contribution in [0.3, 0.4) is 0 Å². The van der Waals surface area contributed by atoms with Gasteiger partial charge in [0.15, 0.2) is 29.5 Å². The Morgan fingerprint density at radius 2 is 1.77 bits per heavy atom. The van der Waals surface area contributed by atoms with Crippen LogP contribution in [0.15, 0.2) is 30.3 Å². The van der Waals surface area contributed by atoms with E-state index in [0.717, 1.165) is 0 Å². The van der Waals surface area contributed by atoms with E-state index in [-0.39, 0.29) is 35.4 Å². The van der Waals surface area contributed by atoms with E-state index in [1.54, 1.807) is 0 Å². The van der Waals surface area contributed by atoms with Crippen LogP contribution >= 0.6 is 0 Å². The van der Waals surface area contributed by atoms with Gasteiger partial charge in [-0.2, -0.15) is 0 Å². The van der Waals surface area contributed by atoms with Crippen molar-refractivity contribution in [3.63, 3.8) is 0 Å². The van der Waals surface area contributed by atoms with E-state index < -0.39 is 12.2 Å². The molecular weight excluding hydrogens is 288 g/mol. The summed E-state index contributed by atoms with van der Waals surface area (Å²) in [7, 11) is 0. The molecule has 2 aliphatic heterocycles. The highest BCUT2D eigenvalue weighted by Crippen LogP contribution is 2.44. The Morgan fingerprint density at radius 1 is 1.00 bits per heavy atom. The largest absolute Gasteiger partial charge is 0.508 e. The summed E-state index contributed by atoms with van der Waals surface area (Å²) < 4.78 is 11.4. The maximum Gasteiger partial charge on any atom is 0.199 e. The summed E-state index contributed by atoms with van der Waals surface area (Å²) in [5, 5.41) is 28.8. The van der Waals surface area contributed by atoms with Crippen molar-refractivity contribution in [1.82, 2.24) is 0 Å². The zero-order valence-corrected chi connectivity index (χ0v) is 11.3. The van der Waals surface area contributed by atoms with Crippen molar-refractivity contribution in [2.45, 2.75) is 18.8 Å². The lowest BCUT2D eigenvalue weighted by molar-refractivity contribution is -0.0424. The van der Waals surface area contributed by atoms with Gasteiger partial charge in [0, 0.05) is 11.6 Å². The number of aromatic hydroxyl groups is 3. The van der Waals surface area contributed by atoms with E-state index in [9.17, 15) is 20.1 Å². The van der Waals surface area contributed by atoms with Crippen LogP contribution in [0.25, 0.3) is 0 Å². The van der Waals surface area contributed by atoms with Gasteiger partial charge in [0.05, 0.1) is 12.2 Å². The minimum Gasteiger partial charge on any atom is -0.508 e. The molecule has 22 heavy (non-hydrogen) atoms. The Balaban J connectivity index is 1.85. The lowest BCUT2D eigenvalue weighted by Crippen LogP contribution is -2.41. The van der Waals surface area contributed by atoms with E-state index in [2.05, 4.69) is 0 Å². The van der Waals surface area contributed by atoms with Gasteiger partial charge in [-0.3, -0.25) is 4.79 Å². The fourth-order valence-electron chi connectivity index (χ4n) is 2.90. The summed E-state index contributed by atoms with van der Waals surface area (Å²) in [5.74, 6) is -0.492. The van der Waals surface area contributed by atoms with Crippen LogP contribution in [0.2, 0.25) is 0 Å². The van der Waals surface area contributed by atoms with Crippen molar-refractivity contribution < 1.29 is 29.6 Å². The van der Waals surface area contributed by atoms with Crippen molar-refractivity contribution in [1.29, 1.82) is 0 Å². The number of ketones is 1. The number of Topliss-reactive ketones (excluding diaryl/α,β-unsaturated/α-hetero) is 1. The second-order valence-corrected chi connectivity index (χ2v) is 5.35. The summed E-state index contributed by atoms with van der Waals surface area (Å²) in [6.07, 6.45) is -1.54. The van der Waals surface area contributed by atoms with Crippen molar-refractivity contribution >= 4 is 5.78 Å². The van der Waals surface area contributed by atoms with Crippen molar-refractivity contribution in [3.05, 3.63) is 47.0 Å². The van der Waals surface area contributed by atoms with Gasteiger partial charge in [0.25, 0.3) is 0 Å². The topological polar surface area (TPSA) is 96.2 Å². The van der Waals surface area contributed by atoms with E-state index in [1.165, 1.54) is 30.3 Å². The van der Waals surface area contributed by atoms with Crippen LogP contribution in [-0.2, 0) is 11.3 Å². The molecule has 0 amide bonds. The van der Waals surface area contributed by atoms with Crippen LogP contribution in [-0.4, -0.2) is 27.2 Å². The van der Waals surface area contributed by atoms with Gasteiger partial charge in [0.2, 0.25) is 0 Å². The van der Waals surface area contributed by atoms with Crippen molar-refractivity contribution in [2.75, 3.05) is 0 Å². The summed E-state index contributed by atoms with van der Waals surface area (Å²) in [6, 6.07) is 7.06. The molecule has 0 spiro atoms. The Hall–Kier alpha value is -2.73. The van der Waals surface area contributed by atoms with E-state index in [0.29, 0.717) is 16.7 Å². The predicted octanol–water partition coefficient (Wildman–Crippen LogP) is 2.02. The first kappa shape index (κ1) is 13.0. The minimum atomic E-state index is -0.812. The summed E-state index contributed by atoms with van der Waals surface area (Å²) >= 11 is 0. The number of phenols is 3. The number of carbonyl (C=O) groups excluding carboxylic acids is 1. The summed E-state index contributed by atoms with van der Waals surface area (Å²) in [4.78, 5) is 12.5. The predicted molar refractivity (Wildman–Crippen MR) is 74.2 cm³/mol. The molecule has 0 bridgehead atoms. The molecule has 0 aliphatic carbocycles. The molecule has 2 aliphatic rings.